The van der Waals surface area contributed by atoms with Gasteiger partial charge in [-0.1, -0.05) is 13.8 Å². The largest absolute Gasteiger partial charge is 0.329 e. The van der Waals surface area contributed by atoms with Crippen molar-refractivity contribution in [3.8, 4) is 0 Å². The second-order valence-electron chi connectivity index (χ2n) is 6.67. The van der Waals surface area contributed by atoms with E-state index in [0.29, 0.717) is 5.54 Å². The summed E-state index contributed by atoms with van der Waals surface area (Å²) in [6.07, 6.45) is 7.43. The number of rotatable bonds is 4. The van der Waals surface area contributed by atoms with Crippen LogP contribution in [0.1, 0.15) is 46.0 Å². The van der Waals surface area contributed by atoms with Crippen LogP contribution in [-0.4, -0.2) is 30.1 Å². The minimum Gasteiger partial charge on any atom is -0.329 e. The first-order chi connectivity index (χ1) is 8.24. The van der Waals surface area contributed by atoms with Crippen LogP contribution in [0.5, 0.6) is 0 Å². The number of hydrogen-bond donors (Lipinski definition) is 1. The van der Waals surface area contributed by atoms with E-state index in [9.17, 15) is 0 Å². The molecule has 0 aliphatic heterocycles. The van der Waals surface area contributed by atoms with E-state index in [1.54, 1.807) is 0 Å². The molecule has 2 N–H and O–H groups in total. The summed E-state index contributed by atoms with van der Waals surface area (Å²) in [4.78, 5) is 2.71. The number of likely N-dealkylation sites (N-methyl/N-ethyl adjacent to an activating group) is 1. The van der Waals surface area contributed by atoms with Gasteiger partial charge in [-0.25, -0.2) is 0 Å². The molecule has 2 heteroatoms. The maximum atomic E-state index is 6.30. The summed E-state index contributed by atoms with van der Waals surface area (Å²) in [6.45, 7) is 7.87. The zero-order chi connectivity index (χ0) is 12.0. The zero-order valence-corrected chi connectivity index (χ0v) is 11.5. The van der Waals surface area contributed by atoms with Crippen LogP contribution in [-0.2, 0) is 0 Å². The van der Waals surface area contributed by atoms with Crippen molar-refractivity contribution in [2.24, 2.45) is 29.4 Å². The third-order valence-electron chi connectivity index (χ3n) is 6.23. The Bertz CT molecular complexity index is 255. The molecule has 4 saturated carbocycles. The van der Waals surface area contributed by atoms with Gasteiger partial charge >= 0.3 is 0 Å². The fourth-order valence-corrected chi connectivity index (χ4v) is 5.79. The monoisotopic (exact) mass is 236 g/mol. The van der Waals surface area contributed by atoms with E-state index >= 15 is 0 Å². The van der Waals surface area contributed by atoms with Crippen LogP contribution in [0.25, 0.3) is 0 Å². The minimum absolute atomic E-state index is 0.372. The van der Waals surface area contributed by atoms with E-state index in [-0.39, 0.29) is 0 Å². The predicted molar refractivity (Wildman–Crippen MR) is 71.8 cm³/mol. The van der Waals surface area contributed by atoms with Gasteiger partial charge in [0.2, 0.25) is 0 Å². The van der Waals surface area contributed by atoms with Crippen LogP contribution in [0.15, 0.2) is 0 Å². The predicted octanol–water partition coefficient (Wildman–Crippen LogP) is 2.48. The van der Waals surface area contributed by atoms with E-state index in [0.717, 1.165) is 30.2 Å². The van der Waals surface area contributed by atoms with Gasteiger partial charge < -0.3 is 5.73 Å². The molecule has 0 unspecified atom stereocenters. The van der Waals surface area contributed by atoms with Crippen molar-refractivity contribution in [2.75, 3.05) is 19.6 Å². The van der Waals surface area contributed by atoms with Crippen LogP contribution in [0.4, 0.5) is 0 Å². The van der Waals surface area contributed by atoms with E-state index < -0.39 is 0 Å². The molecule has 0 radical (unpaired) electrons. The maximum absolute atomic E-state index is 6.30. The van der Waals surface area contributed by atoms with Crippen LogP contribution >= 0.6 is 0 Å². The Hall–Kier alpha value is -0.0800. The lowest BCUT2D eigenvalue weighted by Crippen LogP contribution is -2.69. The Morgan fingerprint density at radius 3 is 1.76 bits per heavy atom. The van der Waals surface area contributed by atoms with Gasteiger partial charge in [0.15, 0.2) is 0 Å². The Kier molecular flexibility index (Phi) is 2.99. The quantitative estimate of drug-likeness (QED) is 0.812. The lowest BCUT2D eigenvalue weighted by molar-refractivity contribution is -0.128. The SMILES string of the molecule is CCN(CC)C1(CN)C2CC3CC(C2)CC1C3. The summed E-state index contributed by atoms with van der Waals surface area (Å²) in [5.74, 6) is 3.91. The number of hydrogen-bond acceptors (Lipinski definition) is 2. The van der Waals surface area contributed by atoms with Crippen LogP contribution in [0.2, 0.25) is 0 Å². The summed E-state index contributed by atoms with van der Waals surface area (Å²) < 4.78 is 0. The summed E-state index contributed by atoms with van der Waals surface area (Å²) in [6, 6.07) is 0. The zero-order valence-electron chi connectivity index (χ0n) is 11.5. The van der Waals surface area contributed by atoms with Gasteiger partial charge in [-0.3, -0.25) is 4.90 Å². The normalized spacial score (nSPS) is 48.0. The Morgan fingerprint density at radius 1 is 0.941 bits per heavy atom. The molecule has 4 bridgehead atoms. The Balaban J connectivity index is 1.93. The highest BCUT2D eigenvalue weighted by atomic mass is 15.2. The molecular weight excluding hydrogens is 208 g/mol. The molecule has 0 spiro atoms. The van der Waals surface area contributed by atoms with Gasteiger partial charge in [-0.15, -0.1) is 0 Å². The molecule has 4 aliphatic rings. The van der Waals surface area contributed by atoms with Crippen molar-refractivity contribution < 1.29 is 0 Å². The summed E-state index contributed by atoms with van der Waals surface area (Å²) in [7, 11) is 0. The van der Waals surface area contributed by atoms with Crippen molar-refractivity contribution in [1.29, 1.82) is 0 Å². The van der Waals surface area contributed by atoms with E-state index in [1.165, 1.54) is 45.2 Å². The first kappa shape index (κ1) is 12.0. The molecular formula is C15H28N2. The van der Waals surface area contributed by atoms with Gasteiger partial charge in [0, 0.05) is 12.1 Å². The maximum Gasteiger partial charge on any atom is 0.0388 e. The molecule has 0 heterocycles. The molecule has 98 valence electrons. The topological polar surface area (TPSA) is 29.3 Å². The molecule has 0 saturated heterocycles. The average Bonchev–Trinajstić information content (AvgIpc) is 2.33. The van der Waals surface area contributed by atoms with E-state index in [1.807, 2.05) is 0 Å². The van der Waals surface area contributed by atoms with Crippen molar-refractivity contribution in [3.05, 3.63) is 0 Å². The standard InChI is InChI=1S/C15H28N2/c1-3-17(4-2)15(10-16)13-6-11-5-12(8-13)9-14(15)7-11/h11-14H,3-10,16H2,1-2H3. The highest BCUT2D eigenvalue weighted by molar-refractivity contribution is 5.12. The van der Waals surface area contributed by atoms with Crippen LogP contribution < -0.4 is 5.73 Å². The first-order valence-electron chi connectivity index (χ1n) is 7.69. The summed E-state index contributed by atoms with van der Waals surface area (Å²) in [5, 5.41) is 0. The molecule has 0 aromatic carbocycles. The Labute approximate surface area is 106 Å². The first-order valence-corrected chi connectivity index (χ1v) is 7.69. The smallest absolute Gasteiger partial charge is 0.0388 e. The lowest BCUT2D eigenvalue weighted by atomic mass is 9.48. The molecule has 0 aromatic rings. The fraction of sp³-hybridized carbons (Fsp3) is 1.00. The molecule has 17 heavy (non-hydrogen) atoms. The third kappa shape index (κ3) is 1.53. The molecule has 0 aromatic heterocycles. The van der Waals surface area contributed by atoms with Gasteiger partial charge in [0.05, 0.1) is 0 Å². The molecule has 2 nitrogen and oxygen atoms in total. The lowest BCUT2D eigenvalue weighted by Gasteiger charge is -2.64. The van der Waals surface area contributed by atoms with Gasteiger partial charge in [0.1, 0.15) is 0 Å². The summed E-state index contributed by atoms with van der Waals surface area (Å²) >= 11 is 0. The van der Waals surface area contributed by atoms with Crippen molar-refractivity contribution in [1.82, 2.24) is 4.90 Å². The average molecular weight is 236 g/mol. The van der Waals surface area contributed by atoms with Gasteiger partial charge in [-0.05, 0) is 68.9 Å². The molecule has 4 rings (SSSR count). The number of nitrogens with two attached hydrogens (primary N) is 1. The van der Waals surface area contributed by atoms with Crippen LogP contribution in [0.3, 0.4) is 0 Å². The molecule has 4 aliphatic carbocycles. The highest BCUT2D eigenvalue weighted by Gasteiger charge is 2.58. The second kappa shape index (κ2) is 4.24. The van der Waals surface area contributed by atoms with Crippen molar-refractivity contribution >= 4 is 0 Å². The molecule has 4 fully saturated rings. The Morgan fingerprint density at radius 2 is 1.41 bits per heavy atom. The highest BCUT2D eigenvalue weighted by Crippen LogP contribution is 2.59. The van der Waals surface area contributed by atoms with Crippen LogP contribution in [0, 0.1) is 23.7 Å². The molecule has 0 amide bonds. The van der Waals surface area contributed by atoms with Gasteiger partial charge in [0.25, 0.3) is 0 Å². The number of nitrogens with zero attached hydrogens (tertiary/aromatic N) is 1. The van der Waals surface area contributed by atoms with Crippen molar-refractivity contribution in [3.63, 3.8) is 0 Å². The summed E-state index contributed by atoms with van der Waals surface area (Å²) in [5.41, 5.74) is 6.67. The van der Waals surface area contributed by atoms with E-state index in [2.05, 4.69) is 18.7 Å². The van der Waals surface area contributed by atoms with Crippen molar-refractivity contribution in [2.45, 2.75) is 51.5 Å². The molecule has 0 atom stereocenters. The minimum atomic E-state index is 0.372. The van der Waals surface area contributed by atoms with E-state index in [4.69, 9.17) is 5.73 Å². The van der Waals surface area contributed by atoms with Gasteiger partial charge in [-0.2, -0.15) is 0 Å². The third-order valence-corrected chi connectivity index (χ3v) is 6.23. The second-order valence-corrected chi connectivity index (χ2v) is 6.67. The fourth-order valence-electron chi connectivity index (χ4n) is 5.79.